The Kier molecular flexibility index (Phi) is 4.02. The molecule has 1 aliphatic carbocycles. The Morgan fingerprint density at radius 3 is 2.67 bits per heavy atom. The van der Waals surface area contributed by atoms with Gasteiger partial charge in [0.15, 0.2) is 17.3 Å². The van der Waals surface area contributed by atoms with E-state index in [0.29, 0.717) is 12.8 Å². The standard InChI is InChI=1S/C15H13F4N3O2/c1-2-24-14(23)8-5-10(16)12(20-6-8)13-21-11(15(17,18)19)7-22(13)9-3-4-9/h5-7,9H,2-4H2,1H3. The van der Waals surface area contributed by atoms with Crippen LogP contribution in [0.25, 0.3) is 11.5 Å². The normalized spacial score (nSPS) is 14.7. The summed E-state index contributed by atoms with van der Waals surface area (Å²) in [4.78, 5) is 18.9. The molecule has 128 valence electrons. The first-order chi connectivity index (χ1) is 11.3. The van der Waals surface area contributed by atoms with Gasteiger partial charge >= 0.3 is 12.1 Å². The van der Waals surface area contributed by atoms with Crippen LogP contribution in [0, 0.1) is 5.82 Å². The molecule has 1 aliphatic rings. The molecule has 0 radical (unpaired) electrons. The molecule has 0 saturated heterocycles. The van der Waals surface area contributed by atoms with Gasteiger partial charge in [0.2, 0.25) is 0 Å². The number of nitrogens with zero attached hydrogens (tertiary/aromatic N) is 3. The van der Waals surface area contributed by atoms with E-state index < -0.39 is 23.7 Å². The molecule has 0 unspecified atom stereocenters. The molecule has 0 amide bonds. The van der Waals surface area contributed by atoms with Gasteiger partial charge in [0, 0.05) is 18.4 Å². The van der Waals surface area contributed by atoms with Gasteiger partial charge in [0.25, 0.3) is 0 Å². The Morgan fingerprint density at radius 1 is 1.42 bits per heavy atom. The third kappa shape index (κ3) is 3.10. The molecule has 2 aromatic rings. The summed E-state index contributed by atoms with van der Waals surface area (Å²) in [6, 6.07) is 0.744. The summed E-state index contributed by atoms with van der Waals surface area (Å²) < 4.78 is 59.0. The fraction of sp³-hybridized carbons (Fsp3) is 0.400. The molecular formula is C15H13F4N3O2. The van der Waals surface area contributed by atoms with E-state index in [0.717, 1.165) is 18.5 Å². The number of halogens is 4. The SMILES string of the molecule is CCOC(=O)c1cnc(-c2nc(C(F)(F)F)cn2C2CC2)c(F)c1. The van der Waals surface area contributed by atoms with Crippen LogP contribution in [0.3, 0.4) is 0 Å². The number of pyridine rings is 1. The first kappa shape index (κ1) is 16.4. The van der Waals surface area contributed by atoms with Crippen LogP contribution >= 0.6 is 0 Å². The third-order valence-electron chi connectivity index (χ3n) is 3.53. The zero-order chi connectivity index (χ0) is 17.5. The molecule has 9 heteroatoms. The number of esters is 1. The molecule has 1 saturated carbocycles. The monoisotopic (exact) mass is 343 g/mol. The lowest BCUT2D eigenvalue weighted by Gasteiger charge is -2.07. The highest BCUT2D eigenvalue weighted by molar-refractivity contribution is 5.89. The van der Waals surface area contributed by atoms with Crippen LogP contribution in [-0.2, 0) is 10.9 Å². The second kappa shape index (κ2) is 5.88. The van der Waals surface area contributed by atoms with Gasteiger partial charge in [-0.25, -0.2) is 19.2 Å². The highest BCUT2D eigenvalue weighted by atomic mass is 19.4. The van der Waals surface area contributed by atoms with Crippen LogP contribution < -0.4 is 0 Å². The minimum Gasteiger partial charge on any atom is -0.462 e. The Morgan fingerprint density at radius 2 is 2.12 bits per heavy atom. The van der Waals surface area contributed by atoms with E-state index in [-0.39, 0.29) is 29.7 Å². The van der Waals surface area contributed by atoms with Crippen molar-refractivity contribution in [3.63, 3.8) is 0 Å². The minimum absolute atomic E-state index is 0.112. The summed E-state index contributed by atoms with van der Waals surface area (Å²) in [6.45, 7) is 1.71. The van der Waals surface area contributed by atoms with Crippen molar-refractivity contribution in [2.75, 3.05) is 6.61 Å². The first-order valence-corrected chi connectivity index (χ1v) is 7.30. The van der Waals surface area contributed by atoms with E-state index in [4.69, 9.17) is 4.74 Å². The Bertz CT molecular complexity index is 782. The topological polar surface area (TPSA) is 57.0 Å². The molecule has 0 N–H and O–H groups in total. The molecule has 3 rings (SSSR count). The quantitative estimate of drug-likeness (QED) is 0.629. The van der Waals surface area contributed by atoms with Gasteiger partial charge in [-0.15, -0.1) is 0 Å². The van der Waals surface area contributed by atoms with Crippen molar-refractivity contribution >= 4 is 5.97 Å². The lowest BCUT2D eigenvalue weighted by molar-refractivity contribution is -0.140. The maximum absolute atomic E-state index is 14.3. The second-order valence-corrected chi connectivity index (χ2v) is 5.36. The van der Waals surface area contributed by atoms with E-state index in [1.54, 1.807) is 6.92 Å². The van der Waals surface area contributed by atoms with Crippen molar-refractivity contribution in [3.05, 3.63) is 35.5 Å². The van der Waals surface area contributed by atoms with Crippen molar-refractivity contribution in [1.82, 2.24) is 14.5 Å². The molecule has 0 bridgehead atoms. The molecule has 2 heterocycles. The summed E-state index contributed by atoms with van der Waals surface area (Å²) in [5.41, 5.74) is -1.54. The zero-order valence-corrected chi connectivity index (χ0v) is 12.6. The number of carbonyl (C=O) groups excluding carboxylic acids is 1. The van der Waals surface area contributed by atoms with E-state index in [1.807, 2.05) is 0 Å². The summed E-state index contributed by atoms with van der Waals surface area (Å²) in [5.74, 6) is -1.88. The number of hydrogen-bond acceptors (Lipinski definition) is 4. The predicted octanol–water partition coefficient (Wildman–Crippen LogP) is 3.61. The number of carbonyl (C=O) groups is 1. The summed E-state index contributed by atoms with van der Waals surface area (Å²) in [5, 5.41) is 0. The van der Waals surface area contributed by atoms with Crippen molar-refractivity contribution in [2.24, 2.45) is 0 Å². The average molecular weight is 343 g/mol. The maximum atomic E-state index is 14.3. The smallest absolute Gasteiger partial charge is 0.434 e. The minimum atomic E-state index is -4.63. The van der Waals surface area contributed by atoms with Crippen LogP contribution in [0.2, 0.25) is 0 Å². The predicted molar refractivity (Wildman–Crippen MR) is 74.6 cm³/mol. The van der Waals surface area contributed by atoms with Crippen LogP contribution in [0.4, 0.5) is 17.6 Å². The number of alkyl halides is 3. The molecule has 5 nitrogen and oxygen atoms in total. The van der Waals surface area contributed by atoms with E-state index >= 15 is 0 Å². The average Bonchev–Trinajstić information content (AvgIpc) is 3.25. The van der Waals surface area contributed by atoms with Crippen LogP contribution in [0.1, 0.15) is 41.9 Å². The van der Waals surface area contributed by atoms with Gasteiger partial charge < -0.3 is 9.30 Å². The lowest BCUT2D eigenvalue weighted by atomic mass is 10.2. The number of ether oxygens (including phenoxy) is 1. The fourth-order valence-corrected chi connectivity index (χ4v) is 2.26. The van der Waals surface area contributed by atoms with Gasteiger partial charge in [-0.2, -0.15) is 13.2 Å². The molecule has 0 atom stereocenters. The van der Waals surface area contributed by atoms with Gasteiger partial charge in [-0.3, -0.25) is 0 Å². The first-order valence-electron chi connectivity index (χ1n) is 7.30. The number of imidazole rings is 1. The summed E-state index contributed by atoms with van der Waals surface area (Å²) in [7, 11) is 0. The van der Waals surface area contributed by atoms with E-state index in [9.17, 15) is 22.4 Å². The Balaban J connectivity index is 2.02. The Labute approximate surface area is 134 Å². The van der Waals surface area contributed by atoms with Gasteiger partial charge in [0.1, 0.15) is 5.69 Å². The fourth-order valence-electron chi connectivity index (χ4n) is 2.26. The highest BCUT2D eigenvalue weighted by Gasteiger charge is 2.38. The molecule has 0 spiro atoms. The maximum Gasteiger partial charge on any atom is 0.434 e. The summed E-state index contributed by atoms with van der Waals surface area (Å²) in [6.07, 6.45) is -1.30. The lowest BCUT2D eigenvalue weighted by Crippen LogP contribution is -2.07. The molecular weight excluding hydrogens is 330 g/mol. The van der Waals surface area contributed by atoms with E-state index in [1.165, 1.54) is 4.57 Å². The van der Waals surface area contributed by atoms with Crippen molar-refractivity contribution in [1.29, 1.82) is 0 Å². The van der Waals surface area contributed by atoms with Gasteiger partial charge in [0.05, 0.1) is 12.2 Å². The molecule has 24 heavy (non-hydrogen) atoms. The third-order valence-corrected chi connectivity index (χ3v) is 3.53. The highest BCUT2D eigenvalue weighted by Crippen LogP contribution is 2.40. The van der Waals surface area contributed by atoms with Crippen molar-refractivity contribution in [3.8, 4) is 11.5 Å². The number of rotatable bonds is 4. The van der Waals surface area contributed by atoms with Gasteiger partial charge in [-0.05, 0) is 25.8 Å². The van der Waals surface area contributed by atoms with Crippen molar-refractivity contribution < 1.29 is 27.1 Å². The number of aromatic nitrogens is 3. The van der Waals surface area contributed by atoms with Crippen molar-refractivity contribution in [2.45, 2.75) is 32.0 Å². The van der Waals surface area contributed by atoms with E-state index in [2.05, 4.69) is 9.97 Å². The Hall–Kier alpha value is -2.45. The zero-order valence-electron chi connectivity index (χ0n) is 12.6. The van der Waals surface area contributed by atoms with Crippen LogP contribution in [0.5, 0.6) is 0 Å². The summed E-state index contributed by atoms with van der Waals surface area (Å²) >= 11 is 0. The second-order valence-electron chi connectivity index (χ2n) is 5.36. The molecule has 0 aromatic carbocycles. The molecule has 2 aromatic heterocycles. The molecule has 1 fully saturated rings. The largest absolute Gasteiger partial charge is 0.462 e. The van der Waals surface area contributed by atoms with Gasteiger partial charge in [-0.1, -0.05) is 0 Å². The van der Waals surface area contributed by atoms with Crippen LogP contribution in [0.15, 0.2) is 18.5 Å². The van der Waals surface area contributed by atoms with Crippen LogP contribution in [-0.4, -0.2) is 27.1 Å². The number of hydrogen-bond donors (Lipinski definition) is 0. The molecule has 0 aliphatic heterocycles.